The Hall–Kier alpha value is -5.83. The van der Waals surface area contributed by atoms with Crippen LogP contribution in [-0.4, -0.2) is 56.5 Å². The Morgan fingerprint density at radius 3 is 1.12 bits per heavy atom. The molecular formula is C32H36N8NiO8. The average Bonchev–Trinajstić information content (AvgIpc) is 3.06. The number of hydrogen-bond acceptors (Lipinski definition) is 14. The fourth-order valence-electron chi connectivity index (χ4n) is 4.39. The van der Waals surface area contributed by atoms with Crippen LogP contribution < -0.4 is 9.80 Å². The zero-order valence-corrected chi connectivity index (χ0v) is 28.1. The number of azo groups is 2. The van der Waals surface area contributed by atoms with E-state index in [1.807, 2.05) is 27.7 Å². The van der Waals surface area contributed by atoms with Crippen LogP contribution in [0, 0.1) is 20.2 Å². The predicted octanol–water partition coefficient (Wildman–Crippen LogP) is 8.53. The number of benzene rings is 4. The monoisotopic (exact) mass is 718 g/mol. The van der Waals surface area contributed by atoms with Crippen molar-refractivity contribution < 1.29 is 46.8 Å². The van der Waals surface area contributed by atoms with Crippen molar-refractivity contribution in [2.45, 2.75) is 27.7 Å². The van der Waals surface area contributed by atoms with Gasteiger partial charge in [-0.05, 0) is 64.1 Å². The number of nitro groups is 2. The normalized spacial score (nSPS) is 10.7. The smallest absolute Gasteiger partial charge is 0.271 e. The quantitative estimate of drug-likeness (QED) is 0.0472. The average molecular weight is 719 g/mol. The van der Waals surface area contributed by atoms with Gasteiger partial charge in [0.25, 0.3) is 11.4 Å². The number of phenols is 4. The summed E-state index contributed by atoms with van der Waals surface area (Å²) >= 11 is 0. The number of nitrogens with zero attached hydrogens (tertiary/aromatic N) is 8. The van der Waals surface area contributed by atoms with Gasteiger partial charge in [-0.15, -0.1) is 20.5 Å². The molecule has 0 aliphatic heterocycles. The fraction of sp³-hybridized carbons (Fsp3) is 0.250. The SMILES string of the molecule is CCN(CC)c1ccc(N=Nc2cc([N+](=O)[O-])ccc2O)c(O)c1.CCN(CC)c1ccc(N=Nc2cc([N+](=O)[O-])ccc2O)c(O)c1.[Ni]. The first-order valence-electron chi connectivity index (χ1n) is 14.9. The maximum Gasteiger partial charge on any atom is 0.271 e. The number of anilines is 2. The third kappa shape index (κ3) is 10.6. The molecule has 0 amide bonds. The van der Waals surface area contributed by atoms with E-state index in [0.29, 0.717) is 0 Å². The van der Waals surface area contributed by atoms with Crippen LogP contribution in [0.1, 0.15) is 27.7 Å². The van der Waals surface area contributed by atoms with Gasteiger partial charge in [-0.2, -0.15) is 0 Å². The molecule has 0 saturated heterocycles. The third-order valence-corrected chi connectivity index (χ3v) is 7.05. The summed E-state index contributed by atoms with van der Waals surface area (Å²) in [5.74, 6) is -0.589. The Kier molecular flexibility index (Phi) is 14.9. The standard InChI is InChI=1S/2C16H18N4O4.Ni/c2*1-3-19(4-2)11-5-7-13(16(22)10-11)17-18-14-9-12(20(23)24)6-8-15(14)21;/h2*5-10,21-22H,3-4H2,1-2H3;. The van der Waals surface area contributed by atoms with E-state index < -0.39 is 9.85 Å². The second kappa shape index (κ2) is 18.5. The zero-order valence-electron chi connectivity index (χ0n) is 27.1. The molecule has 17 heteroatoms. The van der Waals surface area contributed by atoms with Gasteiger partial charge in [0.05, 0.1) is 9.85 Å². The third-order valence-electron chi connectivity index (χ3n) is 7.05. The van der Waals surface area contributed by atoms with Gasteiger partial charge >= 0.3 is 0 Å². The molecule has 4 N–H and O–H groups in total. The van der Waals surface area contributed by atoms with Crippen molar-refractivity contribution in [3.63, 3.8) is 0 Å². The Bertz CT molecular complexity index is 1680. The van der Waals surface area contributed by atoms with E-state index in [1.165, 1.54) is 24.3 Å². The van der Waals surface area contributed by atoms with Crippen LogP contribution in [0.4, 0.5) is 45.5 Å². The number of hydrogen-bond donors (Lipinski definition) is 4. The second-order valence-corrected chi connectivity index (χ2v) is 9.95. The summed E-state index contributed by atoms with van der Waals surface area (Å²) < 4.78 is 0. The Balaban J connectivity index is 0.000000333. The molecular weight excluding hydrogens is 683 g/mol. The largest absolute Gasteiger partial charge is 0.506 e. The van der Waals surface area contributed by atoms with Crippen molar-refractivity contribution in [3.05, 3.63) is 93.0 Å². The first-order chi connectivity index (χ1) is 22.9. The molecule has 0 aromatic heterocycles. The van der Waals surface area contributed by atoms with E-state index in [4.69, 9.17) is 0 Å². The number of rotatable bonds is 12. The first kappa shape index (κ1) is 39.4. The first-order valence-corrected chi connectivity index (χ1v) is 14.9. The van der Waals surface area contributed by atoms with Crippen LogP contribution in [-0.2, 0) is 16.5 Å². The van der Waals surface area contributed by atoms with Gasteiger partial charge < -0.3 is 30.2 Å². The molecule has 0 bridgehead atoms. The fourth-order valence-corrected chi connectivity index (χ4v) is 4.39. The molecule has 0 aliphatic carbocycles. The second-order valence-electron chi connectivity index (χ2n) is 9.95. The van der Waals surface area contributed by atoms with Crippen molar-refractivity contribution in [2.24, 2.45) is 20.5 Å². The predicted molar refractivity (Wildman–Crippen MR) is 181 cm³/mol. The molecule has 0 aliphatic rings. The van der Waals surface area contributed by atoms with Gasteiger partial charge in [-0.3, -0.25) is 20.2 Å². The summed E-state index contributed by atoms with van der Waals surface area (Å²) in [5, 5.41) is 76.4. The molecule has 0 unspecified atom stereocenters. The molecule has 0 heterocycles. The van der Waals surface area contributed by atoms with Gasteiger partial charge in [0.15, 0.2) is 0 Å². The molecule has 0 radical (unpaired) electrons. The minimum Gasteiger partial charge on any atom is -0.506 e. The van der Waals surface area contributed by atoms with Gasteiger partial charge in [0.1, 0.15) is 45.7 Å². The van der Waals surface area contributed by atoms with Crippen LogP contribution in [0.15, 0.2) is 93.3 Å². The Morgan fingerprint density at radius 1 is 0.510 bits per heavy atom. The van der Waals surface area contributed by atoms with Crippen molar-refractivity contribution >= 4 is 45.5 Å². The molecule has 0 fully saturated rings. The van der Waals surface area contributed by atoms with Crippen LogP contribution in [0.5, 0.6) is 23.0 Å². The van der Waals surface area contributed by atoms with Gasteiger partial charge in [0, 0.05) is 90.4 Å². The van der Waals surface area contributed by atoms with Crippen molar-refractivity contribution in [1.82, 2.24) is 0 Å². The molecule has 0 saturated carbocycles. The van der Waals surface area contributed by atoms with Gasteiger partial charge in [0.2, 0.25) is 0 Å². The summed E-state index contributed by atoms with van der Waals surface area (Å²) in [7, 11) is 0. The van der Waals surface area contributed by atoms with Gasteiger partial charge in [-0.1, -0.05) is 0 Å². The van der Waals surface area contributed by atoms with E-state index in [9.17, 15) is 40.7 Å². The molecule has 4 aromatic rings. The Morgan fingerprint density at radius 2 is 0.837 bits per heavy atom. The van der Waals surface area contributed by atoms with E-state index in [0.717, 1.165) is 49.7 Å². The number of phenolic OH excluding ortho intramolecular Hbond substituents is 4. The van der Waals surface area contributed by atoms with Crippen molar-refractivity contribution in [1.29, 1.82) is 0 Å². The molecule has 16 nitrogen and oxygen atoms in total. The van der Waals surface area contributed by atoms with Crippen molar-refractivity contribution in [3.8, 4) is 23.0 Å². The molecule has 0 spiro atoms. The minimum atomic E-state index is -0.588. The summed E-state index contributed by atoms with van der Waals surface area (Å²) in [6, 6.07) is 16.9. The molecule has 4 rings (SSSR count). The minimum absolute atomic E-state index is 0. The van der Waals surface area contributed by atoms with E-state index in [-0.39, 0.29) is 73.6 Å². The summed E-state index contributed by atoms with van der Waals surface area (Å²) in [6.45, 7) is 11.3. The van der Waals surface area contributed by atoms with E-state index >= 15 is 0 Å². The summed E-state index contributed by atoms with van der Waals surface area (Å²) in [5.41, 5.74) is 1.62. The van der Waals surface area contributed by atoms with Crippen LogP contribution in [0.3, 0.4) is 0 Å². The maximum absolute atomic E-state index is 10.8. The van der Waals surface area contributed by atoms with Crippen molar-refractivity contribution in [2.75, 3.05) is 36.0 Å². The molecule has 49 heavy (non-hydrogen) atoms. The molecule has 4 aromatic carbocycles. The number of aromatic hydroxyl groups is 4. The van der Waals surface area contributed by atoms with E-state index in [1.54, 1.807) is 36.4 Å². The van der Waals surface area contributed by atoms with Crippen LogP contribution in [0.25, 0.3) is 0 Å². The Labute approximate surface area is 291 Å². The van der Waals surface area contributed by atoms with Crippen LogP contribution >= 0.6 is 0 Å². The zero-order chi connectivity index (χ0) is 35.4. The van der Waals surface area contributed by atoms with Gasteiger partial charge in [-0.25, -0.2) is 0 Å². The number of non-ortho nitro benzene ring substituents is 2. The van der Waals surface area contributed by atoms with Crippen LogP contribution in [0.2, 0.25) is 0 Å². The molecule has 262 valence electrons. The summed E-state index contributed by atoms with van der Waals surface area (Å²) in [6.07, 6.45) is 0. The summed E-state index contributed by atoms with van der Waals surface area (Å²) in [4.78, 5) is 24.5. The maximum atomic E-state index is 10.8. The molecule has 0 atom stereocenters. The topological polar surface area (TPSA) is 223 Å². The number of nitro benzene ring substituents is 2. The van der Waals surface area contributed by atoms with E-state index in [2.05, 4.69) is 30.3 Å².